The number of nitrogens with zero attached hydrogens (tertiary/aromatic N) is 1. The molecule has 3 N–H and O–H groups in total. The van der Waals surface area contributed by atoms with Gasteiger partial charge in [-0.05, 0) is 20.8 Å². The number of hydrogen-bond donors (Lipinski definition) is 2. The molecule has 1 atom stereocenters. The van der Waals surface area contributed by atoms with E-state index >= 15 is 0 Å². The molecule has 0 aliphatic heterocycles. The van der Waals surface area contributed by atoms with Crippen LogP contribution in [0.15, 0.2) is 4.52 Å². The van der Waals surface area contributed by atoms with Crippen LogP contribution in [0.1, 0.15) is 23.9 Å². The van der Waals surface area contributed by atoms with Gasteiger partial charge in [-0.2, -0.15) is 0 Å². The van der Waals surface area contributed by atoms with Gasteiger partial charge in [-0.1, -0.05) is 5.16 Å². The highest BCUT2D eigenvalue weighted by molar-refractivity contribution is 7.90. The van der Waals surface area contributed by atoms with Gasteiger partial charge in [-0.3, -0.25) is 0 Å². The summed E-state index contributed by atoms with van der Waals surface area (Å²) in [5, 5.41) is 3.14. The first-order valence-corrected chi connectivity index (χ1v) is 6.53. The standard InChI is InChI=1S/C9H17N3O3S/c1-6(4-10)16(13,14)11-5-9-7(2)12-15-8(9)3/h6,11H,4-5,10H2,1-3H3. The Bertz CT molecular complexity index is 433. The molecule has 0 fully saturated rings. The number of rotatable bonds is 5. The van der Waals surface area contributed by atoms with E-state index in [0.29, 0.717) is 11.5 Å². The van der Waals surface area contributed by atoms with Crippen LogP contribution in [0.25, 0.3) is 0 Å². The maximum atomic E-state index is 11.6. The van der Waals surface area contributed by atoms with E-state index in [1.54, 1.807) is 20.8 Å². The van der Waals surface area contributed by atoms with Gasteiger partial charge >= 0.3 is 0 Å². The quantitative estimate of drug-likeness (QED) is 0.766. The van der Waals surface area contributed by atoms with Crippen molar-refractivity contribution in [2.45, 2.75) is 32.6 Å². The highest BCUT2D eigenvalue weighted by atomic mass is 32.2. The summed E-state index contributed by atoms with van der Waals surface area (Å²) in [7, 11) is -3.36. The fourth-order valence-corrected chi connectivity index (χ4v) is 2.08. The fraction of sp³-hybridized carbons (Fsp3) is 0.667. The summed E-state index contributed by atoms with van der Waals surface area (Å²) < 4.78 is 30.7. The van der Waals surface area contributed by atoms with Crippen LogP contribution in [-0.4, -0.2) is 25.4 Å². The van der Waals surface area contributed by atoms with E-state index in [1.807, 2.05) is 0 Å². The van der Waals surface area contributed by atoms with Crippen molar-refractivity contribution in [3.63, 3.8) is 0 Å². The van der Waals surface area contributed by atoms with Crippen molar-refractivity contribution in [1.29, 1.82) is 0 Å². The van der Waals surface area contributed by atoms with Gasteiger partial charge in [0.2, 0.25) is 10.0 Å². The van der Waals surface area contributed by atoms with Crippen LogP contribution in [0.5, 0.6) is 0 Å². The van der Waals surface area contributed by atoms with E-state index in [1.165, 1.54) is 0 Å². The predicted octanol–water partition coefficient (Wildman–Crippen LogP) is 0.0580. The van der Waals surface area contributed by atoms with Gasteiger partial charge in [0.05, 0.1) is 10.9 Å². The third kappa shape index (κ3) is 2.81. The number of nitrogens with one attached hydrogen (secondary N) is 1. The van der Waals surface area contributed by atoms with Crippen LogP contribution in [0.4, 0.5) is 0 Å². The normalized spacial score (nSPS) is 14.0. The molecule has 1 heterocycles. The summed E-state index contributed by atoms with van der Waals surface area (Å²) in [5.74, 6) is 0.626. The molecule has 1 aromatic rings. The lowest BCUT2D eigenvalue weighted by Gasteiger charge is -2.11. The molecule has 1 aromatic heterocycles. The Hall–Kier alpha value is -0.920. The smallest absolute Gasteiger partial charge is 0.215 e. The molecule has 0 aromatic carbocycles. The number of aromatic nitrogens is 1. The maximum Gasteiger partial charge on any atom is 0.215 e. The van der Waals surface area contributed by atoms with Crippen molar-refractivity contribution in [1.82, 2.24) is 9.88 Å². The molecule has 0 bridgehead atoms. The third-order valence-electron chi connectivity index (χ3n) is 2.49. The van der Waals surface area contributed by atoms with E-state index in [2.05, 4.69) is 9.88 Å². The highest BCUT2D eigenvalue weighted by Crippen LogP contribution is 2.12. The molecule has 7 heteroatoms. The van der Waals surface area contributed by atoms with Gasteiger partial charge in [0, 0.05) is 18.7 Å². The molecule has 0 radical (unpaired) electrons. The van der Waals surface area contributed by atoms with Crippen molar-refractivity contribution >= 4 is 10.0 Å². The third-order valence-corrected chi connectivity index (χ3v) is 4.29. The van der Waals surface area contributed by atoms with Crippen molar-refractivity contribution in [2.75, 3.05) is 6.54 Å². The van der Waals surface area contributed by atoms with E-state index in [-0.39, 0.29) is 13.1 Å². The minimum atomic E-state index is -3.36. The second kappa shape index (κ2) is 4.94. The van der Waals surface area contributed by atoms with Crippen LogP contribution in [-0.2, 0) is 16.6 Å². The zero-order chi connectivity index (χ0) is 12.3. The monoisotopic (exact) mass is 247 g/mol. The average Bonchev–Trinajstić information content (AvgIpc) is 2.55. The Labute approximate surface area is 95.2 Å². The topological polar surface area (TPSA) is 98.2 Å². The molecule has 1 unspecified atom stereocenters. The molecule has 16 heavy (non-hydrogen) atoms. The zero-order valence-corrected chi connectivity index (χ0v) is 10.5. The van der Waals surface area contributed by atoms with E-state index < -0.39 is 15.3 Å². The molecule has 0 amide bonds. The summed E-state index contributed by atoms with van der Waals surface area (Å²) in [6, 6.07) is 0. The number of sulfonamides is 1. The maximum absolute atomic E-state index is 11.6. The summed E-state index contributed by atoms with van der Waals surface area (Å²) in [5.41, 5.74) is 6.78. The number of aryl methyl sites for hydroxylation is 2. The molecule has 0 spiro atoms. The van der Waals surface area contributed by atoms with Gasteiger partial charge in [-0.25, -0.2) is 13.1 Å². The molecule has 92 valence electrons. The van der Waals surface area contributed by atoms with Crippen molar-refractivity contribution in [3.05, 3.63) is 17.0 Å². The van der Waals surface area contributed by atoms with Crippen LogP contribution < -0.4 is 10.5 Å². The minimum Gasteiger partial charge on any atom is -0.361 e. The first kappa shape index (κ1) is 13.1. The van der Waals surface area contributed by atoms with Crippen molar-refractivity contribution in [3.8, 4) is 0 Å². The van der Waals surface area contributed by atoms with Gasteiger partial charge in [0.15, 0.2) is 0 Å². The summed E-state index contributed by atoms with van der Waals surface area (Å²) in [4.78, 5) is 0. The lowest BCUT2D eigenvalue weighted by Crippen LogP contribution is -2.36. The summed E-state index contributed by atoms with van der Waals surface area (Å²) in [6.07, 6.45) is 0. The zero-order valence-electron chi connectivity index (χ0n) is 9.65. The molecular weight excluding hydrogens is 230 g/mol. The van der Waals surface area contributed by atoms with Gasteiger partial charge in [0.25, 0.3) is 0 Å². The molecule has 1 rings (SSSR count). The fourth-order valence-electron chi connectivity index (χ4n) is 1.20. The first-order chi connectivity index (χ1) is 7.38. The second-order valence-corrected chi connectivity index (χ2v) is 5.90. The molecule has 6 nitrogen and oxygen atoms in total. The van der Waals surface area contributed by atoms with Gasteiger partial charge in [-0.15, -0.1) is 0 Å². The lowest BCUT2D eigenvalue weighted by molar-refractivity contribution is 0.392. The van der Waals surface area contributed by atoms with Gasteiger partial charge < -0.3 is 10.3 Å². The summed E-state index contributed by atoms with van der Waals surface area (Å²) >= 11 is 0. The molecule has 0 aliphatic rings. The van der Waals surface area contributed by atoms with Crippen molar-refractivity contribution in [2.24, 2.45) is 5.73 Å². The largest absolute Gasteiger partial charge is 0.361 e. The van der Waals surface area contributed by atoms with Crippen molar-refractivity contribution < 1.29 is 12.9 Å². The Morgan fingerprint density at radius 2 is 2.12 bits per heavy atom. The van der Waals surface area contributed by atoms with E-state index in [4.69, 9.17) is 10.3 Å². The first-order valence-electron chi connectivity index (χ1n) is 4.98. The lowest BCUT2D eigenvalue weighted by atomic mass is 10.2. The molecule has 0 saturated carbocycles. The molecule has 0 aliphatic carbocycles. The Morgan fingerprint density at radius 1 is 1.50 bits per heavy atom. The van der Waals surface area contributed by atoms with Crippen LogP contribution in [0.3, 0.4) is 0 Å². The molecular formula is C9H17N3O3S. The average molecular weight is 247 g/mol. The Kier molecular flexibility index (Phi) is 4.06. The van der Waals surface area contributed by atoms with Crippen LogP contribution in [0, 0.1) is 13.8 Å². The SMILES string of the molecule is Cc1noc(C)c1CNS(=O)(=O)C(C)CN. The number of nitrogens with two attached hydrogens (primary N) is 1. The highest BCUT2D eigenvalue weighted by Gasteiger charge is 2.20. The predicted molar refractivity (Wildman–Crippen MR) is 60.3 cm³/mol. The summed E-state index contributed by atoms with van der Waals surface area (Å²) in [6.45, 7) is 5.36. The van der Waals surface area contributed by atoms with Crippen LogP contribution >= 0.6 is 0 Å². The second-order valence-electron chi connectivity index (χ2n) is 3.72. The van der Waals surface area contributed by atoms with E-state index in [0.717, 1.165) is 5.56 Å². The number of hydrogen-bond acceptors (Lipinski definition) is 5. The Morgan fingerprint density at radius 3 is 2.56 bits per heavy atom. The van der Waals surface area contributed by atoms with E-state index in [9.17, 15) is 8.42 Å². The van der Waals surface area contributed by atoms with Crippen LogP contribution in [0.2, 0.25) is 0 Å². The Balaban J connectivity index is 2.72. The minimum absolute atomic E-state index is 0.0942. The molecule has 0 saturated heterocycles. The van der Waals surface area contributed by atoms with Gasteiger partial charge in [0.1, 0.15) is 5.76 Å².